The molecule has 1 N–H and O–H groups in total. The van der Waals surface area contributed by atoms with E-state index >= 15 is 0 Å². The summed E-state index contributed by atoms with van der Waals surface area (Å²) in [4.78, 5) is 23.3. The third kappa shape index (κ3) is 2.94. The van der Waals surface area contributed by atoms with Crippen molar-refractivity contribution in [2.24, 2.45) is 0 Å². The Labute approximate surface area is 147 Å². The number of nitro groups is 1. The molecule has 2 aliphatic heterocycles. The molecule has 1 amide bonds. The Morgan fingerprint density at radius 3 is 2.12 bits per heavy atom. The van der Waals surface area contributed by atoms with Gasteiger partial charge in [0.15, 0.2) is 23.0 Å². The molecule has 0 unspecified atom stereocenters. The summed E-state index contributed by atoms with van der Waals surface area (Å²) in [6, 6.07) is 7.43. The molecule has 0 bridgehead atoms. The molecule has 4 rings (SSSR count). The van der Waals surface area contributed by atoms with Crippen molar-refractivity contribution in [1.29, 1.82) is 0 Å². The highest BCUT2D eigenvalue weighted by atomic mass is 16.6. The molecule has 134 valence electrons. The van der Waals surface area contributed by atoms with Gasteiger partial charge in [0.05, 0.1) is 11.0 Å². The number of carbonyl (C=O) groups is 1. The van der Waals surface area contributed by atoms with Crippen molar-refractivity contribution in [2.45, 2.75) is 0 Å². The zero-order chi connectivity index (χ0) is 18.1. The van der Waals surface area contributed by atoms with Gasteiger partial charge in [0.2, 0.25) is 0 Å². The van der Waals surface area contributed by atoms with Crippen LogP contribution in [-0.4, -0.2) is 37.3 Å². The first-order valence-electron chi connectivity index (χ1n) is 7.91. The van der Waals surface area contributed by atoms with Gasteiger partial charge in [-0.2, -0.15) is 0 Å². The van der Waals surface area contributed by atoms with E-state index in [4.69, 9.17) is 18.9 Å². The standard InChI is InChI=1S/C17H14N2O7/c20-17(18-10-1-2-13-14(7-10)24-4-3-23-13)11-8-15-16(26-6-5-25-15)9-12(11)19(21)22/h1-2,7-9H,3-6H2,(H,18,20). The lowest BCUT2D eigenvalue weighted by atomic mass is 10.1. The lowest BCUT2D eigenvalue weighted by molar-refractivity contribution is -0.385. The minimum Gasteiger partial charge on any atom is -0.486 e. The minimum absolute atomic E-state index is 0.117. The summed E-state index contributed by atoms with van der Waals surface area (Å²) in [5.74, 6) is 1.00. The zero-order valence-corrected chi connectivity index (χ0v) is 13.5. The predicted molar refractivity (Wildman–Crippen MR) is 89.5 cm³/mol. The Morgan fingerprint density at radius 2 is 1.46 bits per heavy atom. The maximum absolute atomic E-state index is 12.6. The zero-order valence-electron chi connectivity index (χ0n) is 13.5. The van der Waals surface area contributed by atoms with Crippen LogP contribution < -0.4 is 24.3 Å². The Kier molecular flexibility index (Phi) is 3.96. The largest absolute Gasteiger partial charge is 0.486 e. The highest BCUT2D eigenvalue weighted by Crippen LogP contribution is 2.37. The highest BCUT2D eigenvalue weighted by molar-refractivity contribution is 6.07. The summed E-state index contributed by atoms with van der Waals surface area (Å²) in [6.07, 6.45) is 0. The summed E-state index contributed by atoms with van der Waals surface area (Å²) < 4.78 is 21.6. The number of nitro benzene ring substituents is 1. The molecule has 0 aromatic heterocycles. The van der Waals surface area contributed by atoms with Crippen LogP contribution in [0.4, 0.5) is 11.4 Å². The summed E-state index contributed by atoms with van der Waals surface area (Å²) in [7, 11) is 0. The van der Waals surface area contributed by atoms with Crippen molar-refractivity contribution in [3.63, 3.8) is 0 Å². The fourth-order valence-corrected chi connectivity index (χ4v) is 2.73. The van der Waals surface area contributed by atoms with Crippen LogP contribution in [0.2, 0.25) is 0 Å². The summed E-state index contributed by atoms with van der Waals surface area (Å²) in [5.41, 5.74) is -0.0399. The van der Waals surface area contributed by atoms with Crippen molar-refractivity contribution >= 4 is 17.3 Å². The van der Waals surface area contributed by atoms with Gasteiger partial charge in [-0.15, -0.1) is 0 Å². The molecule has 0 aliphatic carbocycles. The molecular formula is C17H14N2O7. The average molecular weight is 358 g/mol. The molecule has 0 spiro atoms. The lowest BCUT2D eigenvalue weighted by Gasteiger charge is -2.20. The number of benzene rings is 2. The van der Waals surface area contributed by atoms with Gasteiger partial charge in [-0.05, 0) is 12.1 Å². The molecule has 9 nitrogen and oxygen atoms in total. The van der Waals surface area contributed by atoms with Crippen LogP contribution in [0.1, 0.15) is 10.4 Å². The first kappa shape index (κ1) is 16.0. The summed E-state index contributed by atoms with van der Waals surface area (Å²) >= 11 is 0. The Balaban J connectivity index is 1.64. The van der Waals surface area contributed by atoms with Gasteiger partial charge in [0, 0.05) is 17.8 Å². The second-order valence-corrected chi connectivity index (χ2v) is 5.58. The topological polar surface area (TPSA) is 109 Å². The summed E-state index contributed by atoms with van der Waals surface area (Å²) in [5, 5.41) is 14.0. The molecule has 26 heavy (non-hydrogen) atoms. The van der Waals surface area contributed by atoms with E-state index in [0.29, 0.717) is 49.4 Å². The van der Waals surface area contributed by atoms with Gasteiger partial charge in [-0.25, -0.2) is 0 Å². The van der Waals surface area contributed by atoms with E-state index in [9.17, 15) is 14.9 Å². The molecular weight excluding hydrogens is 344 g/mol. The summed E-state index contributed by atoms with van der Waals surface area (Å²) in [6.45, 7) is 1.49. The van der Waals surface area contributed by atoms with E-state index in [0.717, 1.165) is 0 Å². The van der Waals surface area contributed by atoms with Gasteiger partial charge < -0.3 is 24.3 Å². The van der Waals surface area contributed by atoms with Crippen LogP contribution in [0.25, 0.3) is 0 Å². The Bertz CT molecular complexity index is 897. The van der Waals surface area contributed by atoms with Crippen LogP contribution in [0, 0.1) is 10.1 Å². The number of fused-ring (bicyclic) bond motifs is 2. The molecule has 2 aliphatic rings. The van der Waals surface area contributed by atoms with Crippen LogP contribution in [0.3, 0.4) is 0 Å². The first-order valence-corrected chi connectivity index (χ1v) is 7.91. The van der Waals surface area contributed by atoms with Crippen LogP contribution in [-0.2, 0) is 0 Å². The second-order valence-electron chi connectivity index (χ2n) is 5.58. The van der Waals surface area contributed by atoms with E-state index in [1.165, 1.54) is 12.1 Å². The molecule has 0 saturated carbocycles. The number of ether oxygens (including phenoxy) is 4. The molecule has 2 aromatic carbocycles. The van der Waals surface area contributed by atoms with Gasteiger partial charge in [0.1, 0.15) is 32.0 Å². The van der Waals surface area contributed by atoms with Gasteiger partial charge in [-0.3, -0.25) is 14.9 Å². The smallest absolute Gasteiger partial charge is 0.286 e. The SMILES string of the molecule is O=C(Nc1ccc2c(c1)OCCO2)c1cc2c(cc1[N+](=O)[O-])OCCO2. The number of carbonyl (C=O) groups excluding carboxylic acids is 1. The van der Waals surface area contributed by atoms with Crippen LogP contribution in [0.5, 0.6) is 23.0 Å². The third-order valence-electron chi connectivity index (χ3n) is 3.90. The minimum atomic E-state index is -0.634. The van der Waals surface area contributed by atoms with Gasteiger partial charge in [-0.1, -0.05) is 0 Å². The number of nitrogens with zero attached hydrogens (tertiary/aromatic N) is 1. The number of amides is 1. The molecule has 0 saturated heterocycles. The van der Waals surface area contributed by atoms with E-state index in [-0.39, 0.29) is 17.0 Å². The monoisotopic (exact) mass is 358 g/mol. The van der Waals surface area contributed by atoms with Crippen molar-refractivity contribution in [3.05, 3.63) is 46.0 Å². The van der Waals surface area contributed by atoms with Crippen molar-refractivity contribution < 1.29 is 28.7 Å². The maximum Gasteiger partial charge on any atom is 0.286 e. The van der Waals surface area contributed by atoms with E-state index < -0.39 is 10.8 Å². The van der Waals surface area contributed by atoms with E-state index in [1.54, 1.807) is 18.2 Å². The quantitative estimate of drug-likeness (QED) is 0.663. The van der Waals surface area contributed by atoms with Gasteiger partial charge in [0.25, 0.3) is 11.6 Å². The van der Waals surface area contributed by atoms with E-state index in [1.807, 2.05) is 0 Å². The predicted octanol–water partition coefficient (Wildman–Crippen LogP) is 2.39. The number of hydrogen-bond acceptors (Lipinski definition) is 7. The third-order valence-corrected chi connectivity index (χ3v) is 3.90. The first-order chi connectivity index (χ1) is 12.6. The molecule has 0 atom stereocenters. The normalized spacial score (nSPS) is 14.5. The van der Waals surface area contributed by atoms with Crippen LogP contribution in [0.15, 0.2) is 30.3 Å². The highest BCUT2D eigenvalue weighted by Gasteiger charge is 2.26. The average Bonchev–Trinajstić information content (AvgIpc) is 2.66. The number of hydrogen-bond donors (Lipinski definition) is 1. The number of nitrogens with one attached hydrogen (secondary N) is 1. The molecule has 2 heterocycles. The molecule has 0 fully saturated rings. The molecule has 2 aromatic rings. The van der Waals surface area contributed by atoms with Gasteiger partial charge >= 0.3 is 0 Å². The second kappa shape index (κ2) is 6.43. The number of rotatable bonds is 3. The Morgan fingerprint density at radius 1 is 0.885 bits per heavy atom. The van der Waals surface area contributed by atoms with E-state index in [2.05, 4.69) is 5.32 Å². The number of anilines is 1. The fourth-order valence-electron chi connectivity index (χ4n) is 2.73. The lowest BCUT2D eigenvalue weighted by Crippen LogP contribution is -2.19. The van der Waals surface area contributed by atoms with Crippen molar-refractivity contribution in [2.75, 3.05) is 31.7 Å². The van der Waals surface area contributed by atoms with Crippen molar-refractivity contribution in [3.8, 4) is 23.0 Å². The Hall–Kier alpha value is -3.49. The molecule has 0 radical (unpaired) electrons. The molecule has 9 heteroatoms. The van der Waals surface area contributed by atoms with Crippen LogP contribution >= 0.6 is 0 Å². The fraction of sp³-hybridized carbons (Fsp3) is 0.235. The maximum atomic E-state index is 12.6. The van der Waals surface area contributed by atoms with Crippen molar-refractivity contribution in [1.82, 2.24) is 0 Å².